The second-order valence-electron chi connectivity index (χ2n) is 7.20. The summed E-state index contributed by atoms with van der Waals surface area (Å²) in [5, 5.41) is 2.69. The number of ether oxygens (including phenoxy) is 1. The first kappa shape index (κ1) is 21.0. The molecule has 0 aliphatic carbocycles. The van der Waals surface area contributed by atoms with Crippen molar-refractivity contribution >= 4 is 23.7 Å². The summed E-state index contributed by atoms with van der Waals surface area (Å²) in [5.74, 6) is -1.69. The van der Waals surface area contributed by atoms with Gasteiger partial charge in [-0.1, -0.05) is 30.3 Å². The van der Waals surface area contributed by atoms with E-state index in [4.69, 9.17) is 9.15 Å². The van der Waals surface area contributed by atoms with Gasteiger partial charge >= 0.3 is 5.97 Å². The molecule has 0 radical (unpaired) electrons. The summed E-state index contributed by atoms with van der Waals surface area (Å²) in [6, 6.07) is 17.1. The number of rotatable bonds is 8. The minimum absolute atomic E-state index is 0.00226. The fourth-order valence-corrected chi connectivity index (χ4v) is 3.38. The van der Waals surface area contributed by atoms with Crippen LogP contribution in [0.5, 0.6) is 0 Å². The Kier molecular flexibility index (Phi) is 6.12. The fourth-order valence-electron chi connectivity index (χ4n) is 3.38. The van der Waals surface area contributed by atoms with Crippen molar-refractivity contribution in [2.24, 2.45) is 0 Å². The Morgan fingerprint density at radius 3 is 2.47 bits per heavy atom. The van der Waals surface area contributed by atoms with Crippen LogP contribution in [0, 0.1) is 0 Å². The molecule has 0 saturated carbocycles. The SMILES string of the molecule is O=C(COC(=O)c1ccc2c(c1)C(=O)N(Cc1ccco1)C2=O)NCCc1ccccc1. The summed E-state index contributed by atoms with van der Waals surface area (Å²) in [7, 11) is 0. The van der Waals surface area contributed by atoms with Crippen LogP contribution in [0.2, 0.25) is 0 Å². The Labute approximate surface area is 183 Å². The number of carbonyl (C=O) groups is 4. The van der Waals surface area contributed by atoms with E-state index >= 15 is 0 Å². The fraction of sp³-hybridized carbons (Fsp3) is 0.167. The van der Waals surface area contributed by atoms with E-state index < -0.39 is 30.3 Å². The number of benzene rings is 2. The standard InChI is InChI=1S/C24H20N2O6/c27-21(25-11-10-16-5-2-1-3-6-16)15-32-24(30)17-8-9-19-20(13-17)23(29)26(22(19)28)14-18-7-4-12-31-18/h1-9,12-13H,10-11,14-15H2,(H,25,27). The van der Waals surface area contributed by atoms with E-state index in [9.17, 15) is 19.2 Å². The number of carbonyl (C=O) groups excluding carboxylic acids is 4. The van der Waals surface area contributed by atoms with Crippen LogP contribution >= 0.6 is 0 Å². The molecule has 0 bridgehead atoms. The van der Waals surface area contributed by atoms with Crippen LogP contribution in [0.1, 0.15) is 42.4 Å². The summed E-state index contributed by atoms with van der Waals surface area (Å²) in [4.78, 5) is 50.5. The highest BCUT2D eigenvalue weighted by molar-refractivity contribution is 6.21. The van der Waals surface area contributed by atoms with Crippen molar-refractivity contribution in [3.8, 4) is 0 Å². The van der Waals surface area contributed by atoms with E-state index in [-0.39, 0.29) is 23.2 Å². The maximum Gasteiger partial charge on any atom is 0.338 e. The second kappa shape index (κ2) is 9.30. The highest BCUT2D eigenvalue weighted by Crippen LogP contribution is 2.26. The van der Waals surface area contributed by atoms with Crippen LogP contribution < -0.4 is 5.32 Å². The van der Waals surface area contributed by atoms with Gasteiger partial charge in [-0.25, -0.2) is 4.79 Å². The van der Waals surface area contributed by atoms with E-state index in [0.29, 0.717) is 18.7 Å². The Morgan fingerprint density at radius 2 is 1.72 bits per heavy atom. The van der Waals surface area contributed by atoms with Crippen molar-refractivity contribution in [3.63, 3.8) is 0 Å². The second-order valence-corrected chi connectivity index (χ2v) is 7.20. The smallest absolute Gasteiger partial charge is 0.338 e. The van der Waals surface area contributed by atoms with Crippen LogP contribution in [0.15, 0.2) is 71.3 Å². The normalized spacial score (nSPS) is 12.6. The molecule has 2 aromatic carbocycles. The molecule has 0 saturated heterocycles. The highest BCUT2D eigenvalue weighted by Gasteiger charge is 2.36. The number of nitrogens with zero attached hydrogens (tertiary/aromatic N) is 1. The average molecular weight is 432 g/mol. The van der Waals surface area contributed by atoms with Gasteiger partial charge in [-0.05, 0) is 42.3 Å². The predicted octanol–water partition coefficient (Wildman–Crippen LogP) is 2.59. The molecule has 2 heterocycles. The number of imide groups is 1. The van der Waals surface area contributed by atoms with Crippen molar-refractivity contribution in [2.45, 2.75) is 13.0 Å². The first-order chi connectivity index (χ1) is 15.5. The number of hydrogen-bond acceptors (Lipinski definition) is 6. The highest BCUT2D eigenvalue weighted by atomic mass is 16.5. The summed E-state index contributed by atoms with van der Waals surface area (Å²) in [6.45, 7) is -0.0220. The van der Waals surface area contributed by atoms with Crippen molar-refractivity contribution in [1.82, 2.24) is 10.2 Å². The van der Waals surface area contributed by atoms with Gasteiger partial charge in [0.05, 0.1) is 29.5 Å². The molecule has 4 rings (SSSR count). The first-order valence-electron chi connectivity index (χ1n) is 10.0. The topological polar surface area (TPSA) is 106 Å². The van der Waals surface area contributed by atoms with Crippen LogP contribution in [-0.2, 0) is 22.5 Å². The quantitative estimate of drug-likeness (QED) is 0.433. The minimum Gasteiger partial charge on any atom is -0.467 e. The Bertz CT molecular complexity index is 1150. The maximum atomic E-state index is 12.7. The molecule has 1 aromatic heterocycles. The van der Waals surface area contributed by atoms with E-state index in [2.05, 4.69) is 5.32 Å². The van der Waals surface area contributed by atoms with E-state index in [1.54, 1.807) is 12.1 Å². The molecule has 0 atom stereocenters. The van der Waals surface area contributed by atoms with Gasteiger partial charge in [-0.3, -0.25) is 19.3 Å². The predicted molar refractivity (Wildman–Crippen MR) is 113 cm³/mol. The number of nitrogens with one attached hydrogen (secondary N) is 1. The molecular weight excluding hydrogens is 412 g/mol. The number of hydrogen-bond donors (Lipinski definition) is 1. The average Bonchev–Trinajstić information content (AvgIpc) is 3.41. The Morgan fingerprint density at radius 1 is 0.938 bits per heavy atom. The van der Waals surface area contributed by atoms with Gasteiger partial charge < -0.3 is 14.5 Å². The molecule has 162 valence electrons. The van der Waals surface area contributed by atoms with Crippen LogP contribution in [0.4, 0.5) is 0 Å². The number of amides is 3. The van der Waals surface area contributed by atoms with E-state index in [1.165, 1.54) is 24.5 Å². The molecule has 1 aliphatic heterocycles. The third-order valence-corrected chi connectivity index (χ3v) is 5.01. The monoisotopic (exact) mass is 432 g/mol. The lowest BCUT2D eigenvalue weighted by molar-refractivity contribution is -0.124. The summed E-state index contributed by atoms with van der Waals surface area (Å²) in [5.41, 5.74) is 1.49. The summed E-state index contributed by atoms with van der Waals surface area (Å²) >= 11 is 0. The lowest BCUT2D eigenvalue weighted by Crippen LogP contribution is -2.30. The summed E-state index contributed by atoms with van der Waals surface area (Å²) < 4.78 is 10.3. The minimum atomic E-state index is -0.754. The van der Waals surface area contributed by atoms with Crippen LogP contribution in [-0.4, -0.2) is 41.7 Å². The molecule has 1 aliphatic rings. The molecule has 0 fully saturated rings. The number of fused-ring (bicyclic) bond motifs is 1. The molecule has 8 nitrogen and oxygen atoms in total. The lowest BCUT2D eigenvalue weighted by Gasteiger charge is -2.11. The molecule has 32 heavy (non-hydrogen) atoms. The summed E-state index contributed by atoms with van der Waals surface area (Å²) in [6.07, 6.45) is 2.12. The lowest BCUT2D eigenvalue weighted by atomic mass is 10.1. The molecular formula is C24H20N2O6. The zero-order chi connectivity index (χ0) is 22.5. The molecule has 0 spiro atoms. The van der Waals surface area contributed by atoms with Crippen molar-refractivity contribution in [3.05, 3.63) is 94.9 Å². The van der Waals surface area contributed by atoms with Crippen molar-refractivity contribution in [2.75, 3.05) is 13.2 Å². The Balaban J connectivity index is 1.31. The van der Waals surface area contributed by atoms with Gasteiger partial charge in [0.1, 0.15) is 5.76 Å². The maximum absolute atomic E-state index is 12.7. The van der Waals surface area contributed by atoms with Crippen molar-refractivity contribution in [1.29, 1.82) is 0 Å². The molecule has 8 heteroatoms. The molecule has 3 aromatic rings. The zero-order valence-electron chi connectivity index (χ0n) is 17.1. The van der Waals surface area contributed by atoms with Gasteiger partial charge in [-0.2, -0.15) is 0 Å². The van der Waals surface area contributed by atoms with E-state index in [0.717, 1.165) is 10.5 Å². The first-order valence-corrected chi connectivity index (χ1v) is 10.0. The van der Waals surface area contributed by atoms with Crippen LogP contribution in [0.25, 0.3) is 0 Å². The van der Waals surface area contributed by atoms with Gasteiger partial charge in [0.25, 0.3) is 17.7 Å². The third kappa shape index (κ3) is 4.59. The van der Waals surface area contributed by atoms with Crippen molar-refractivity contribution < 1.29 is 28.3 Å². The Hall–Kier alpha value is -4.20. The van der Waals surface area contributed by atoms with Crippen LogP contribution in [0.3, 0.4) is 0 Å². The van der Waals surface area contributed by atoms with Gasteiger partial charge in [0, 0.05) is 6.54 Å². The number of furan rings is 1. The number of esters is 1. The third-order valence-electron chi connectivity index (χ3n) is 5.01. The molecule has 3 amide bonds. The van der Waals surface area contributed by atoms with Gasteiger partial charge in [0.2, 0.25) is 0 Å². The van der Waals surface area contributed by atoms with Gasteiger partial charge in [-0.15, -0.1) is 0 Å². The molecule has 1 N–H and O–H groups in total. The van der Waals surface area contributed by atoms with Gasteiger partial charge in [0.15, 0.2) is 6.61 Å². The largest absolute Gasteiger partial charge is 0.467 e. The zero-order valence-corrected chi connectivity index (χ0v) is 17.1. The molecule has 0 unspecified atom stereocenters. The van der Waals surface area contributed by atoms with E-state index in [1.807, 2.05) is 30.3 Å².